The van der Waals surface area contributed by atoms with Crippen molar-refractivity contribution >= 4 is 0 Å². The number of allylic oxidation sites excluding steroid dienone is 1. The van der Waals surface area contributed by atoms with Gasteiger partial charge in [0.05, 0.1) is 0 Å². The van der Waals surface area contributed by atoms with Crippen molar-refractivity contribution in [3.63, 3.8) is 0 Å². The molecule has 0 aliphatic rings. The Morgan fingerprint density at radius 3 is 1.33 bits per heavy atom. The molecule has 0 aliphatic carbocycles. The standard InChI is InChI=1S/C3H6.C2H4.CH4/c1-3-2;1-2;/h3H,1H2,2H3;1-2H2;1H4. The highest BCUT2D eigenvalue weighted by Gasteiger charge is 1.15. The zero-order chi connectivity index (χ0) is 4.71. The van der Waals surface area contributed by atoms with E-state index in [2.05, 4.69) is 19.7 Å². The van der Waals surface area contributed by atoms with Crippen LogP contribution in [0, 0.1) is 0 Å². The molecule has 0 amide bonds. The fourth-order valence-corrected chi connectivity index (χ4v) is 0. The fourth-order valence-electron chi connectivity index (χ4n) is 0. The van der Waals surface area contributed by atoms with E-state index in [9.17, 15) is 0 Å². The normalized spacial score (nSPS) is 2.83. The minimum atomic E-state index is 0. The van der Waals surface area contributed by atoms with Gasteiger partial charge in [0.15, 0.2) is 0 Å². The van der Waals surface area contributed by atoms with E-state index in [-0.39, 0.29) is 7.43 Å². The first-order chi connectivity index (χ1) is 2.41. The molecule has 0 heterocycles. The van der Waals surface area contributed by atoms with Crippen molar-refractivity contribution in [2.75, 3.05) is 0 Å². The van der Waals surface area contributed by atoms with Crippen molar-refractivity contribution in [2.24, 2.45) is 0 Å². The van der Waals surface area contributed by atoms with Gasteiger partial charge in [-0.15, -0.1) is 19.7 Å². The lowest BCUT2D eigenvalue weighted by Gasteiger charge is -1.31. The summed E-state index contributed by atoms with van der Waals surface area (Å²) >= 11 is 0. The van der Waals surface area contributed by atoms with Crippen molar-refractivity contribution in [3.8, 4) is 0 Å². The van der Waals surface area contributed by atoms with Gasteiger partial charge in [-0.25, -0.2) is 0 Å². The Hall–Kier alpha value is -0.520. The van der Waals surface area contributed by atoms with Gasteiger partial charge in [-0.1, -0.05) is 13.5 Å². The highest BCUT2D eigenvalue weighted by Crippen LogP contribution is 1.38. The van der Waals surface area contributed by atoms with E-state index in [1.54, 1.807) is 6.08 Å². The molecule has 0 aromatic carbocycles. The molecule has 0 unspecified atom stereocenters. The maximum absolute atomic E-state index is 3.36. The summed E-state index contributed by atoms with van der Waals surface area (Å²) in [6, 6.07) is 0. The molecule has 0 bridgehead atoms. The minimum absolute atomic E-state index is 0. The van der Waals surface area contributed by atoms with Gasteiger partial charge in [0.2, 0.25) is 0 Å². The summed E-state index contributed by atoms with van der Waals surface area (Å²) in [6.45, 7) is 11.2. The van der Waals surface area contributed by atoms with Crippen molar-refractivity contribution in [1.29, 1.82) is 0 Å². The Balaban J connectivity index is -0.0000000275. The predicted molar refractivity (Wildman–Crippen MR) is 33.9 cm³/mol. The molecule has 0 heteroatoms. The van der Waals surface area contributed by atoms with E-state index in [4.69, 9.17) is 0 Å². The second-order valence-electron chi connectivity index (χ2n) is 0.408. The van der Waals surface area contributed by atoms with Crippen LogP contribution in [0.25, 0.3) is 0 Å². The molecular formula is C6H14. The molecule has 0 radical (unpaired) electrons. The van der Waals surface area contributed by atoms with Gasteiger partial charge >= 0.3 is 0 Å². The van der Waals surface area contributed by atoms with E-state index >= 15 is 0 Å². The molecule has 0 atom stereocenters. The number of hydrogen-bond donors (Lipinski definition) is 0. The second kappa shape index (κ2) is 235. The third kappa shape index (κ3) is 79.2. The van der Waals surface area contributed by atoms with Crippen molar-refractivity contribution in [3.05, 3.63) is 25.8 Å². The summed E-state index contributed by atoms with van der Waals surface area (Å²) in [4.78, 5) is 0. The lowest BCUT2D eigenvalue weighted by atomic mass is 10.8. The average molecular weight is 86.2 g/mol. The number of hydrogen-bond acceptors (Lipinski definition) is 0. The third-order valence-electron chi connectivity index (χ3n) is 0. The smallest absolute Gasteiger partial charge is 0.0473 e. The molecule has 0 nitrogen and oxygen atoms in total. The third-order valence-corrected chi connectivity index (χ3v) is 0. The summed E-state index contributed by atoms with van der Waals surface area (Å²) in [5, 5.41) is 0. The summed E-state index contributed by atoms with van der Waals surface area (Å²) in [5.74, 6) is 0. The molecular weight excluding hydrogens is 72.1 g/mol. The molecule has 0 aliphatic heterocycles. The topological polar surface area (TPSA) is 0 Å². The van der Waals surface area contributed by atoms with Crippen LogP contribution < -0.4 is 0 Å². The Morgan fingerprint density at radius 1 is 1.33 bits per heavy atom. The fraction of sp³-hybridized carbons (Fsp3) is 0.333. The molecule has 0 aromatic heterocycles. The van der Waals surface area contributed by atoms with E-state index in [1.165, 1.54) is 0 Å². The Bertz CT molecular complexity index is 14.0. The van der Waals surface area contributed by atoms with Crippen molar-refractivity contribution in [1.82, 2.24) is 0 Å². The van der Waals surface area contributed by atoms with E-state index in [0.717, 1.165) is 0 Å². The molecule has 38 valence electrons. The maximum atomic E-state index is 3.36. The van der Waals surface area contributed by atoms with Crippen LogP contribution in [0.4, 0.5) is 0 Å². The Morgan fingerprint density at radius 2 is 1.33 bits per heavy atom. The molecule has 0 spiro atoms. The van der Waals surface area contributed by atoms with Crippen LogP contribution >= 0.6 is 0 Å². The van der Waals surface area contributed by atoms with Crippen LogP contribution in [-0.2, 0) is 0 Å². The average Bonchev–Trinajstić information content (AvgIpc) is 1.46. The lowest BCUT2D eigenvalue weighted by molar-refractivity contribution is 1.80. The summed E-state index contributed by atoms with van der Waals surface area (Å²) in [6.07, 6.45) is 1.75. The SMILES string of the molecule is C.C=C.C=CC. The predicted octanol–water partition coefficient (Wildman–Crippen LogP) is 2.63. The van der Waals surface area contributed by atoms with Gasteiger partial charge in [-0.2, -0.15) is 0 Å². The molecule has 0 N–H and O–H groups in total. The van der Waals surface area contributed by atoms with Crippen LogP contribution in [0.15, 0.2) is 25.8 Å². The first-order valence-electron chi connectivity index (χ1n) is 1.49. The van der Waals surface area contributed by atoms with Crippen LogP contribution in [0.1, 0.15) is 14.4 Å². The van der Waals surface area contributed by atoms with Gasteiger partial charge in [-0.05, 0) is 6.92 Å². The molecule has 0 aromatic rings. The quantitative estimate of drug-likeness (QED) is 0.397. The Kier molecular flexibility index (Phi) is 702. The first-order valence-corrected chi connectivity index (χ1v) is 1.49. The highest BCUT2D eigenvalue weighted by atomic mass is 13.2. The zero-order valence-corrected chi connectivity index (χ0v) is 3.70. The van der Waals surface area contributed by atoms with E-state index in [0.29, 0.717) is 0 Å². The maximum Gasteiger partial charge on any atom is -0.0473 e. The monoisotopic (exact) mass is 86.1 g/mol. The lowest BCUT2D eigenvalue weighted by Crippen LogP contribution is -1.07. The Labute approximate surface area is 41.2 Å². The van der Waals surface area contributed by atoms with E-state index in [1.807, 2.05) is 6.92 Å². The van der Waals surface area contributed by atoms with E-state index < -0.39 is 0 Å². The van der Waals surface area contributed by atoms with Gasteiger partial charge in [0, 0.05) is 0 Å². The van der Waals surface area contributed by atoms with Crippen molar-refractivity contribution < 1.29 is 0 Å². The summed E-state index contributed by atoms with van der Waals surface area (Å²) in [7, 11) is 0. The summed E-state index contributed by atoms with van der Waals surface area (Å²) < 4.78 is 0. The van der Waals surface area contributed by atoms with Crippen LogP contribution in [0.3, 0.4) is 0 Å². The second-order valence-corrected chi connectivity index (χ2v) is 0.408. The summed E-state index contributed by atoms with van der Waals surface area (Å²) in [5.41, 5.74) is 0. The molecule has 0 saturated carbocycles. The van der Waals surface area contributed by atoms with Gasteiger partial charge < -0.3 is 0 Å². The molecule has 0 saturated heterocycles. The zero-order valence-electron chi connectivity index (χ0n) is 3.70. The van der Waals surface area contributed by atoms with Crippen molar-refractivity contribution in [2.45, 2.75) is 14.4 Å². The molecule has 0 fully saturated rings. The number of rotatable bonds is 0. The molecule has 0 rings (SSSR count). The largest absolute Gasteiger partial charge is 0.106 e. The van der Waals surface area contributed by atoms with Gasteiger partial charge in [0.25, 0.3) is 0 Å². The minimum Gasteiger partial charge on any atom is -0.106 e. The first kappa shape index (κ1) is 17.9. The molecule has 6 heavy (non-hydrogen) atoms. The van der Waals surface area contributed by atoms with Crippen LogP contribution in [-0.4, -0.2) is 0 Å². The van der Waals surface area contributed by atoms with Gasteiger partial charge in [0.1, 0.15) is 0 Å². The van der Waals surface area contributed by atoms with Gasteiger partial charge in [-0.3, -0.25) is 0 Å². The highest BCUT2D eigenvalue weighted by molar-refractivity contribution is 4.51. The van der Waals surface area contributed by atoms with Crippen LogP contribution in [0.5, 0.6) is 0 Å². The van der Waals surface area contributed by atoms with Crippen LogP contribution in [0.2, 0.25) is 0 Å².